The molecule has 0 radical (unpaired) electrons. The van der Waals surface area contributed by atoms with Crippen LogP contribution >= 0.6 is 15.9 Å². The van der Waals surface area contributed by atoms with Crippen molar-refractivity contribution in [1.29, 1.82) is 0 Å². The van der Waals surface area contributed by atoms with Crippen molar-refractivity contribution in [2.45, 2.75) is 19.2 Å². The molecule has 3 aromatic heterocycles. The van der Waals surface area contributed by atoms with Crippen molar-refractivity contribution in [3.8, 4) is 5.82 Å². The van der Waals surface area contributed by atoms with E-state index in [1.165, 1.54) is 0 Å². The van der Waals surface area contributed by atoms with Crippen molar-refractivity contribution in [3.63, 3.8) is 0 Å². The van der Waals surface area contributed by atoms with Gasteiger partial charge in [0, 0.05) is 17.2 Å². The number of hydrogen-bond acceptors (Lipinski definition) is 2. The van der Waals surface area contributed by atoms with Crippen molar-refractivity contribution in [2.24, 2.45) is 0 Å². The van der Waals surface area contributed by atoms with Gasteiger partial charge < -0.3 is 4.40 Å². The van der Waals surface area contributed by atoms with Crippen molar-refractivity contribution in [1.82, 2.24) is 18.9 Å². The highest BCUT2D eigenvalue weighted by molar-refractivity contribution is 9.08. The van der Waals surface area contributed by atoms with Crippen LogP contribution in [0.1, 0.15) is 17.1 Å². The van der Waals surface area contributed by atoms with Gasteiger partial charge in [-0.2, -0.15) is 0 Å². The fourth-order valence-electron chi connectivity index (χ4n) is 2.06. The molecule has 0 spiro atoms. The van der Waals surface area contributed by atoms with E-state index in [-0.39, 0.29) is 0 Å². The molecule has 5 heteroatoms. The summed E-state index contributed by atoms with van der Waals surface area (Å²) in [6, 6.07) is 6.02. The van der Waals surface area contributed by atoms with E-state index >= 15 is 0 Å². The molecule has 0 saturated carbocycles. The van der Waals surface area contributed by atoms with Gasteiger partial charge in [0.1, 0.15) is 12.0 Å². The minimum Gasteiger partial charge on any atom is -0.301 e. The third kappa shape index (κ3) is 1.58. The van der Waals surface area contributed by atoms with E-state index < -0.39 is 0 Å². The maximum absolute atomic E-state index is 4.68. The lowest BCUT2D eigenvalue weighted by atomic mass is 10.3. The van der Waals surface area contributed by atoms with Crippen molar-refractivity contribution < 1.29 is 0 Å². The first-order valence-electron chi connectivity index (χ1n) is 5.75. The topological polar surface area (TPSA) is 35.1 Å². The first-order valence-corrected chi connectivity index (χ1v) is 6.87. The number of rotatable bonds is 2. The number of hydrogen-bond donors (Lipinski definition) is 0. The molecule has 92 valence electrons. The lowest BCUT2D eigenvalue weighted by Gasteiger charge is -2.04. The Kier molecular flexibility index (Phi) is 2.70. The van der Waals surface area contributed by atoms with E-state index in [4.69, 9.17) is 0 Å². The van der Waals surface area contributed by atoms with Gasteiger partial charge in [-0.3, -0.25) is 4.57 Å². The molecule has 0 aromatic carbocycles. The molecule has 0 N–H and O–H groups in total. The van der Waals surface area contributed by atoms with Crippen LogP contribution in [0, 0.1) is 13.8 Å². The van der Waals surface area contributed by atoms with E-state index in [0.717, 1.165) is 33.9 Å². The zero-order valence-corrected chi connectivity index (χ0v) is 11.8. The second-order valence-corrected chi connectivity index (χ2v) is 4.79. The number of aryl methyl sites for hydroxylation is 1. The Balaban J connectivity index is 2.32. The summed E-state index contributed by atoms with van der Waals surface area (Å²) in [4.78, 5) is 9.02. The highest BCUT2D eigenvalue weighted by Crippen LogP contribution is 2.21. The predicted molar refractivity (Wildman–Crippen MR) is 74.4 cm³/mol. The molecule has 0 atom stereocenters. The van der Waals surface area contributed by atoms with Gasteiger partial charge in [0.05, 0.1) is 11.4 Å². The molecule has 0 amide bonds. The van der Waals surface area contributed by atoms with Crippen LogP contribution in [0.3, 0.4) is 0 Å². The Labute approximate surface area is 113 Å². The van der Waals surface area contributed by atoms with Crippen LogP contribution in [0.25, 0.3) is 11.5 Å². The quantitative estimate of drug-likeness (QED) is 0.682. The van der Waals surface area contributed by atoms with Crippen molar-refractivity contribution >= 4 is 21.6 Å². The average molecular weight is 305 g/mol. The van der Waals surface area contributed by atoms with Gasteiger partial charge in [0.25, 0.3) is 0 Å². The molecule has 0 fully saturated rings. The van der Waals surface area contributed by atoms with Crippen molar-refractivity contribution in [3.05, 3.63) is 47.8 Å². The number of aromatic nitrogens is 4. The SMILES string of the molecule is Cc1ncn(-c2nc3ccccn3c2CBr)c1C. The third-order valence-corrected chi connectivity index (χ3v) is 3.75. The first kappa shape index (κ1) is 11.5. The van der Waals surface area contributed by atoms with Crippen LogP contribution in [0.5, 0.6) is 0 Å². The number of alkyl halides is 1. The Morgan fingerprint density at radius 3 is 2.78 bits per heavy atom. The number of halogens is 1. The standard InChI is InChI=1S/C13H13BrN4/c1-9-10(2)18(8-15-9)13-11(7-14)17-6-4-3-5-12(17)16-13/h3-6,8H,7H2,1-2H3. The maximum atomic E-state index is 4.68. The summed E-state index contributed by atoms with van der Waals surface area (Å²) in [7, 11) is 0. The molecular weight excluding hydrogens is 292 g/mol. The monoisotopic (exact) mass is 304 g/mol. The lowest BCUT2D eigenvalue weighted by Crippen LogP contribution is -2.00. The molecular formula is C13H13BrN4. The van der Waals surface area contributed by atoms with E-state index in [9.17, 15) is 0 Å². The van der Waals surface area contributed by atoms with E-state index in [1.807, 2.05) is 42.2 Å². The van der Waals surface area contributed by atoms with E-state index in [2.05, 4.69) is 37.2 Å². The normalized spacial score (nSPS) is 11.3. The average Bonchev–Trinajstić information content (AvgIpc) is 2.91. The fraction of sp³-hybridized carbons (Fsp3) is 0.231. The molecule has 3 aromatic rings. The second-order valence-electron chi connectivity index (χ2n) is 4.23. The smallest absolute Gasteiger partial charge is 0.161 e. The molecule has 0 aliphatic rings. The van der Waals surface area contributed by atoms with E-state index in [1.54, 1.807) is 0 Å². The summed E-state index contributed by atoms with van der Waals surface area (Å²) in [5.41, 5.74) is 4.24. The van der Waals surface area contributed by atoms with Gasteiger partial charge >= 0.3 is 0 Å². The van der Waals surface area contributed by atoms with Gasteiger partial charge in [-0.1, -0.05) is 22.0 Å². The number of pyridine rings is 1. The second kappa shape index (κ2) is 4.24. The number of imidazole rings is 2. The van der Waals surface area contributed by atoms with Crippen LogP contribution in [0.15, 0.2) is 30.7 Å². The van der Waals surface area contributed by atoms with Crippen LogP contribution in [0.4, 0.5) is 0 Å². The van der Waals surface area contributed by atoms with Gasteiger partial charge in [-0.05, 0) is 26.0 Å². The van der Waals surface area contributed by atoms with Crippen LogP contribution in [-0.2, 0) is 5.33 Å². The molecule has 0 aliphatic carbocycles. The molecule has 3 heterocycles. The fourth-order valence-corrected chi connectivity index (χ4v) is 2.58. The molecule has 0 saturated heterocycles. The zero-order valence-electron chi connectivity index (χ0n) is 10.3. The third-order valence-electron chi connectivity index (χ3n) is 3.21. The Bertz CT molecular complexity index is 711. The summed E-state index contributed by atoms with van der Waals surface area (Å²) in [6.45, 7) is 4.07. The van der Waals surface area contributed by atoms with Gasteiger partial charge in [-0.25, -0.2) is 9.97 Å². The molecule has 4 nitrogen and oxygen atoms in total. The molecule has 0 unspecified atom stereocenters. The molecule has 18 heavy (non-hydrogen) atoms. The Morgan fingerprint density at radius 1 is 1.28 bits per heavy atom. The summed E-state index contributed by atoms with van der Waals surface area (Å²) in [6.07, 6.45) is 3.86. The first-order chi connectivity index (χ1) is 8.72. The summed E-state index contributed by atoms with van der Waals surface area (Å²) >= 11 is 3.54. The highest BCUT2D eigenvalue weighted by Gasteiger charge is 2.14. The lowest BCUT2D eigenvalue weighted by molar-refractivity contribution is 0.944. The molecule has 3 rings (SSSR count). The van der Waals surface area contributed by atoms with Crippen molar-refractivity contribution in [2.75, 3.05) is 0 Å². The van der Waals surface area contributed by atoms with Crippen LogP contribution < -0.4 is 0 Å². The van der Waals surface area contributed by atoms with E-state index in [0.29, 0.717) is 0 Å². The highest BCUT2D eigenvalue weighted by atomic mass is 79.9. The van der Waals surface area contributed by atoms with Gasteiger partial charge in [0.15, 0.2) is 5.82 Å². The maximum Gasteiger partial charge on any atom is 0.161 e. The number of fused-ring (bicyclic) bond motifs is 1. The predicted octanol–water partition coefficient (Wildman–Crippen LogP) is 3.03. The minimum absolute atomic E-state index is 0.754. The van der Waals surface area contributed by atoms with Crippen LogP contribution in [-0.4, -0.2) is 18.9 Å². The Hall–Kier alpha value is -1.62. The minimum atomic E-state index is 0.754. The van der Waals surface area contributed by atoms with Gasteiger partial charge in [0.2, 0.25) is 0 Å². The molecule has 0 aliphatic heterocycles. The summed E-state index contributed by atoms with van der Waals surface area (Å²) in [5.74, 6) is 0.941. The van der Waals surface area contributed by atoms with Gasteiger partial charge in [-0.15, -0.1) is 0 Å². The Morgan fingerprint density at radius 2 is 2.11 bits per heavy atom. The summed E-state index contributed by atoms with van der Waals surface area (Å²) < 4.78 is 4.14. The largest absolute Gasteiger partial charge is 0.301 e. The molecule has 0 bridgehead atoms. The summed E-state index contributed by atoms with van der Waals surface area (Å²) in [5, 5.41) is 0.754. The number of nitrogens with zero attached hydrogens (tertiary/aromatic N) is 4. The zero-order chi connectivity index (χ0) is 12.7. The van der Waals surface area contributed by atoms with Crippen LogP contribution in [0.2, 0.25) is 0 Å².